The van der Waals surface area contributed by atoms with Crippen LogP contribution in [0.4, 0.5) is 0 Å². The normalized spacial score (nSPS) is 10.3. The summed E-state index contributed by atoms with van der Waals surface area (Å²) in [6.45, 7) is 4.93. The van der Waals surface area contributed by atoms with Crippen molar-refractivity contribution < 1.29 is 9.53 Å². The van der Waals surface area contributed by atoms with Gasteiger partial charge in [0.25, 0.3) is 5.91 Å². The molecule has 0 bridgehead atoms. The van der Waals surface area contributed by atoms with E-state index in [0.29, 0.717) is 17.2 Å². The van der Waals surface area contributed by atoms with E-state index in [0.717, 1.165) is 6.54 Å². The first kappa shape index (κ1) is 12.6. The van der Waals surface area contributed by atoms with Gasteiger partial charge in [-0.25, -0.2) is 0 Å². The summed E-state index contributed by atoms with van der Waals surface area (Å²) in [7, 11) is 3.39. The molecule has 3 nitrogen and oxygen atoms in total. The van der Waals surface area contributed by atoms with Crippen molar-refractivity contribution in [1.29, 1.82) is 0 Å². The van der Waals surface area contributed by atoms with Gasteiger partial charge in [0.05, 0.1) is 12.7 Å². The topological polar surface area (TPSA) is 29.5 Å². The summed E-state index contributed by atoms with van der Waals surface area (Å²) in [5.41, 5.74) is 0.619. The minimum Gasteiger partial charge on any atom is -0.496 e. The maximum absolute atomic E-state index is 12.1. The number of hydrogen-bond donors (Lipinski definition) is 0. The zero-order valence-electron chi connectivity index (χ0n) is 10.4. The molecule has 88 valence electrons. The van der Waals surface area contributed by atoms with Crippen LogP contribution in [-0.2, 0) is 0 Å². The van der Waals surface area contributed by atoms with Gasteiger partial charge in [0.15, 0.2) is 0 Å². The molecule has 3 heteroatoms. The summed E-state index contributed by atoms with van der Waals surface area (Å²) in [5, 5.41) is 0. The first-order valence-corrected chi connectivity index (χ1v) is 5.44. The number of nitrogens with zero attached hydrogens (tertiary/aromatic N) is 1. The fourth-order valence-corrected chi connectivity index (χ4v) is 1.66. The van der Waals surface area contributed by atoms with Crippen LogP contribution in [0.15, 0.2) is 24.3 Å². The van der Waals surface area contributed by atoms with Crippen molar-refractivity contribution >= 4 is 5.91 Å². The minimum atomic E-state index is 0.00569. The monoisotopic (exact) mass is 221 g/mol. The first-order valence-electron chi connectivity index (χ1n) is 5.44. The van der Waals surface area contributed by atoms with E-state index in [1.165, 1.54) is 0 Å². The summed E-state index contributed by atoms with van der Waals surface area (Å²) in [6, 6.07) is 7.30. The number of carbonyl (C=O) groups excluding carboxylic acids is 1. The number of hydrogen-bond acceptors (Lipinski definition) is 2. The van der Waals surface area contributed by atoms with Crippen LogP contribution in [0.1, 0.15) is 24.2 Å². The third kappa shape index (κ3) is 2.99. The van der Waals surface area contributed by atoms with Gasteiger partial charge in [-0.2, -0.15) is 0 Å². The molecule has 0 aliphatic carbocycles. The van der Waals surface area contributed by atoms with Crippen LogP contribution in [0.25, 0.3) is 0 Å². The highest BCUT2D eigenvalue weighted by Crippen LogP contribution is 2.19. The second kappa shape index (κ2) is 5.54. The lowest BCUT2D eigenvalue weighted by Crippen LogP contribution is -2.30. The molecule has 0 aliphatic heterocycles. The number of carbonyl (C=O) groups is 1. The fourth-order valence-electron chi connectivity index (χ4n) is 1.66. The van der Waals surface area contributed by atoms with Crippen LogP contribution in [0, 0.1) is 5.92 Å². The van der Waals surface area contributed by atoms with Gasteiger partial charge in [0.2, 0.25) is 0 Å². The largest absolute Gasteiger partial charge is 0.496 e. The summed E-state index contributed by atoms with van der Waals surface area (Å²) >= 11 is 0. The van der Waals surface area contributed by atoms with Crippen molar-refractivity contribution in [3.8, 4) is 5.75 Å². The number of ether oxygens (including phenoxy) is 1. The molecule has 0 spiro atoms. The Morgan fingerprint density at radius 1 is 1.38 bits per heavy atom. The van der Waals surface area contributed by atoms with E-state index in [2.05, 4.69) is 13.8 Å². The molecule has 1 amide bonds. The lowest BCUT2D eigenvalue weighted by atomic mass is 10.1. The molecule has 0 aromatic heterocycles. The maximum Gasteiger partial charge on any atom is 0.257 e. The molecule has 0 heterocycles. The van der Waals surface area contributed by atoms with Crippen molar-refractivity contribution in [2.24, 2.45) is 5.92 Å². The molecule has 0 unspecified atom stereocenters. The van der Waals surface area contributed by atoms with Gasteiger partial charge in [0.1, 0.15) is 5.75 Å². The Balaban J connectivity index is 2.87. The second-order valence-corrected chi connectivity index (χ2v) is 4.28. The lowest BCUT2D eigenvalue weighted by Gasteiger charge is -2.20. The summed E-state index contributed by atoms with van der Waals surface area (Å²) in [5.74, 6) is 1.10. The molecule has 1 aromatic rings. The number of benzene rings is 1. The molecule has 0 fully saturated rings. The molecule has 1 rings (SSSR count). The van der Waals surface area contributed by atoms with Crippen molar-refractivity contribution in [2.75, 3.05) is 20.7 Å². The van der Waals surface area contributed by atoms with Crippen molar-refractivity contribution in [2.45, 2.75) is 13.8 Å². The Morgan fingerprint density at radius 3 is 2.56 bits per heavy atom. The van der Waals surface area contributed by atoms with Crippen LogP contribution < -0.4 is 4.74 Å². The highest BCUT2D eigenvalue weighted by Gasteiger charge is 2.16. The van der Waals surface area contributed by atoms with Gasteiger partial charge in [0, 0.05) is 13.6 Å². The van der Waals surface area contributed by atoms with Crippen molar-refractivity contribution in [1.82, 2.24) is 4.90 Å². The van der Waals surface area contributed by atoms with Gasteiger partial charge in [-0.05, 0) is 18.1 Å². The zero-order valence-corrected chi connectivity index (χ0v) is 10.4. The molecule has 16 heavy (non-hydrogen) atoms. The maximum atomic E-state index is 12.1. The predicted octanol–water partition coefficient (Wildman–Crippen LogP) is 2.42. The molecule has 0 radical (unpaired) electrons. The Morgan fingerprint density at radius 2 is 2.00 bits per heavy atom. The average Bonchev–Trinajstić information content (AvgIpc) is 2.27. The third-order valence-electron chi connectivity index (χ3n) is 2.32. The Kier molecular flexibility index (Phi) is 4.35. The fraction of sp³-hybridized carbons (Fsp3) is 0.462. The number of para-hydroxylation sites is 1. The molecule has 0 saturated heterocycles. The van der Waals surface area contributed by atoms with Gasteiger partial charge in [-0.15, -0.1) is 0 Å². The van der Waals surface area contributed by atoms with E-state index in [-0.39, 0.29) is 5.91 Å². The standard InChI is InChI=1S/C13H19NO2/c1-10(2)9-14(3)13(15)11-7-5-6-8-12(11)16-4/h5-8,10H,9H2,1-4H3. The third-order valence-corrected chi connectivity index (χ3v) is 2.32. The van der Waals surface area contributed by atoms with Gasteiger partial charge in [-0.3, -0.25) is 4.79 Å². The van der Waals surface area contributed by atoms with Crippen molar-refractivity contribution in [3.05, 3.63) is 29.8 Å². The van der Waals surface area contributed by atoms with E-state index >= 15 is 0 Å². The summed E-state index contributed by atoms with van der Waals surface area (Å²) in [6.07, 6.45) is 0. The molecule has 0 aliphatic rings. The van der Waals surface area contributed by atoms with E-state index in [9.17, 15) is 4.79 Å². The Hall–Kier alpha value is -1.51. The van der Waals surface area contributed by atoms with Gasteiger partial charge in [-0.1, -0.05) is 26.0 Å². The summed E-state index contributed by atoms with van der Waals surface area (Å²) < 4.78 is 5.17. The van der Waals surface area contributed by atoms with Crippen LogP contribution in [-0.4, -0.2) is 31.5 Å². The SMILES string of the molecule is COc1ccccc1C(=O)N(C)CC(C)C. The van der Waals surface area contributed by atoms with Gasteiger partial charge >= 0.3 is 0 Å². The molecule has 1 aromatic carbocycles. The number of rotatable bonds is 4. The predicted molar refractivity (Wildman–Crippen MR) is 64.8 cm³/mol. The van der Waals surface area contributed by atoms with E-state index in [1.54, 1.807) is 24.1 Å². The summed E-state index contributed by atoms with van der Waals surface area (Å²) in [4.78, 5) is 13.8. The van der Waals surface area contributed by atoms with E-state index in [1.807, 2.05) is 19.2 Å². The quantitative estimate of drug-likeness (QED) is 0.781. The second-order valence-electron chi connectivity index (χ2n) is 4.28. The van der Waals surface area contributed by atoms with Crippen LogP contribution in [0.3, 0.4) is 0 Å². The van der Waals surface area contributed by atoms with Crippen LogP contribution in [0.2, 0.25) is 0 Å². The van der Waals surface area contributed by atoms with Crippen molar-refractivity contribution in [3.63, 3.8) is 0 Å². The first-order chi connectivity index (χ1) is 7.56. The smallest absolute Gasteiger partial charge is 0.257 e. The minimum absolute atomic E-state index is 0.00569. The highest BCUT2D eigenvalue weighted by atomic mass is 16.5. The molecular formula is C13H19NO2. The van der Waals surface area contributed by atoms with Crippen LogP contribution >= 0.6 is 0 Å². The lowest BCUT2D eigenvalue weighted by molar-refractivity contribution is 0.0776. The van der Waals surface area contributed by atoms with Gasteiger partial charge < -0.3 is 9.64 Å². The molecular weight excluding hydrogens is 202 g/mol. The van der Waals surface area contributed by atoms with Crippen LogP contribution in [0.5, 0.6) is 5.75 Å². The Labute approximate surface area is 97.0 Å². The Bertz CT molecular complexity index is 361. The highest BCUT2D eigenvalue weighted by molar-refractivity contribution is 5.96. The van der Waals surface area contributed by atoms with E-state index < -0.39 is 0 Å². The van der Waals surface area contributed by atoms with E-state index in [4.69, 9.17) is 4.74 Å². The zero-order chi connectivity index (χ0) is 12.1. The molecule has 0 saturated carbocycles. The average molecular weight is 221 g/mol. The molecule has 0 atom stereocenters. The number of amides is 1. The molecule has 0 N–H and O–H groups in total. The number of methoxy groups -OCH3 is 1.